The number of rotatable bonds is 41. The molecule has 0 aromatic rings. The standard InChI is InChI=1S/C44H83O11P2.9Y/c1-12-22-42(23-13-2,24-14-3)36-49-31-39(11)32-52-56(45,46)55-41(34-51-38-44(28-18-7,29-19-8)30-20-9)35-53-57(47,48)54-40(21-10)33-50-37-43(25-15-4,26-16-5)27-17-6;;;;;;;;;/h39-41H,1-9,12-38H2,10-11H3,(H,45,46)(H,47,48);;;;;;;;;/q-9;;;;;;;;;. The van der Waals surface area contributed by atoms with Crippen molar-refractivity contribution in [3.63, 3.8) is 0 Å². The van der Waals surface area contributed by atoms with Gasteiger partial charge in [0.25, 0.3) is 0 Å². The third-order valence-corrected chi connectivity index (χ3v) is 12.6. The molecular weight excluding hydrogens is 1570 g/mol. The van der Waals surface area contributed by atoms with Gasteiger partial charge in [-0.2, -0.15) is 57.8 Å². The van der Waals surface area contributed by atoms with Gasteiger partial charge in [0, 0.05) is 300 Å². The van der Waals surface area contributed by atoms with Crippen molar-refractivity contribution in [2.45, 2.75) is 148 Å². The largest absolute Gasteiger partial charge is 0.472 e. The fourth-order valence-corrected chi connectivity index (χ4v) is 9.66. The van der Waals surface area contributed by atoms with Gasteiger partial charge in [-0.1, -0.05) is 71.6 Å². The zero-order chi connectivity index (χ0) is 43.3. The zero-order valence-electron chi connectivity index (χ0n) is 41.3. The molecule has 2 N–H and O–H groups in total. The Morgan fingerprint density at radius 3 is 0.924 bits per heavy atom. The zero-order valence-corrected chi connectivity index (χ0v) is 68.7. The molecule has 0 aromatic heterocycles. The molecule has 0 amide bonds. The molecule has 371 valence electrons. The van der Waals surface area contributed by atoms with Crippen molar-refractivity contribution in [3.05, 3.63) is 62.3 Å². The topological polar surface area (TPSA) is 139 Å². The molecule has 0 bridgehead atoms. The van der Waals surface area contributed by atoms with Crippen molar-refractivity contribution < 1.29 is 346 Å². The summed E-state index contributed by atoms with van der Waals surface area (Å²) in [5.74, 6) is -0.245. The van der Waals surface area contributed by atoms with Crippen molar-refractivity contribution in [2.75, 3.05) is 52.9 Å². The fraction of sp³-hybridized carbons (Fsp3) is 0.795. The molecule has 66 heavy (non-hydrogen) atoms. The average Bonchev–Trinajstić information content (AvgIpc) is 3.13. The van der Waals surface area contributed by atoms with Gasteiger partial charge in [-0.3, -0.25) is 18.1 Å². The first-order valence-corrected chi connectivity index (χ1v) is 24.2. The van der Waals surface area contributed by atoms with Crippen molar-refractivity contribution in [2.24, 2.45) is 22.2 Å². The van der Waals surface area contributed by atoms with Gasteiger partial charge in [0.15, 0.2) is 0 Å². The van der Waals surface area contributed by atoms with Crippen LogP contribution in [0.1, 0.15) is 136 Å². The van der Waals surface area contributed by atoms with Crippen LogP contribution in [0.3, 0.4) is 0 Å². The molecule has 9 radical (unpaired) electrons. The van der Waals surface area contributed by atoms with Crippen molar-refractivity contribution >= 4 is 15.6 Å². The third-order valence-electron chi connectivity index (χ3n) is 10.6. The van der Waals surface area contributed by atoms with Gasteiger partial charge >= 0.3 is 15.6 Å². The first-order valence-electron chi connectivity index (χ1n) is 21.3. The number of hydrogen-bond donors (Lipinski definition) is 2. The van der Waals surface area contributed by atoms with E-state index in [4.69, 9.17) is 32.3 Å². The van der Waals surface area contributed by atoms with E-state index in [-0.39, 0.29) is 343 Å². The molecule has 0 saturated carbocycles. The van der Waals surface area contributed by atoms with E-state index in [0.717, 1.165) is 96.3 Å². The van der Waals surface area contributed by atoms with Crippen LogP contribution in [0.25, 0.3) is 0 Å². The van der Waals surface area contributed by atoms with E-state index in [1.807, 2.05) is 13.8 Å². The molecule has 0 spiro atoms. The van der Waals surface area contributed by atoms with E-state index in [1.165, 1.54) is 0 Å². The molecule has 0 aromatic carbocycles. The maximum absolute atomic E-state index is 13.3. The van der Waals surface area contributed by atoms with E-state index < -0.39 is 34.5 Å². The van der Waals surface area contributed by atoms with E-state index in [1.54, 1.807) is 0 Å². The van der Waals surface area contributed by atoms with Crippen LogP contribution in [0, 0.1) is 84.5 Å². The summed E-state index contributed by atoms with van der Waals surface area (Å²) in [5.41, 5.74) is -0.421. The maximum Gasteiger partial charge on any atom is 0.472 e. The summed E-state index contributed by atoms with van der Waals surface area (Å²) in [4.78, 5) is 21.6. The molecule has 0 heterocycles. The number of ether oxygens (including phenoxy) is 3. The summed E-state index contributed by atoms with van der Waals surface area (Å²) in [7, 11) is -9.38. The minimum Gasteiger partial charge on any atom is -0.381 e. The molecule has 0 saturated heterocycles. The molecule has 0 aliphatic heterocycles. The third kappa shape index (κ3) is 47.7. The Bertz CT molecular complexity index is 1050. The Morgan fingerprint density at radius 2 is 0.652 bits per heavy atom. The number of phosphoric acid groups is 2. The normalized spacial score (nSPS) is 14.4. The van der Waals surface area contributed by atoms with Crippen LogP contribution in [0.15, 0.2) is 0 Å². The van der Waals surface area contributed by atoms with Crippen LogP contribution in [0.2, 0.25) is 0 Å². The predicted molar refractivity (Wildman–Crippen MR) is 232 cm³/mol. The van der Waals surface area contributed by atoms with Crippen LogP contribution in [0.5, 0.6) is 0 Å². The summed E-state index contributed by atoms with van der Waals surface area (Å²) < 4.78 is 66.6. The number of phosphoric ester groups is 2. The van der Waals surface area contributed by atoms with E-state index >= 15 is 0 Å². The van der Waals surface area contributed by atoms with Gasteiger partial charge in [0.05, 0.1) is 59.0 Å². The second kappa shape index (κ2) is 59.7. The van der Waals surface area contributed by atoms with Crippen LogP contribution in [-0.2, 0) is 336 Å². The minimum absolute atomic E-state index is 0. The molecular formula is C44H83O11P2Y9-9. The van der Waals surface area contributed by atoms with Gasteiger partial charge in [0.2, 0.25) is 0 Å². The molecule has 11 nitrogen and oxygen atoms in total. The summed E-state index contributed by atoms with van der Waals surface area (Å²) >= 11 is 0. The molecule has 5 unspecified atom stereocenters. The van der Waals surface area contributed by atoms with Crippen LogP contribution in [-0.4, -0.2) is 74.8 Å². The number of hydrogen-bond acceptors (Lipinski definition) is 9. The first-order chi connectivity index (χ1) is 27.1. The molecule has 5 atom stereocenters. The quantitative estimate of drug-likeness (QED) is 0.0447. The molecule has 0 aliphatic carbocycles. The Labute approximate surface area is 633 Å². The predicted octanol–water partition coefficient (Wildman–Crippen LogP) is 11.6. The average molecular weight is 1650 g/mol. The molecule has 0 fully saturated rings. The van der Waals surface area contributed by atoms with Crippen LogP contribution in [0.4, 0.5) is 0 Å². The van der Waals surface area contributed by atoms with Crippen LogP contribution < -0.4 is 0 Å². The Balaban J connectivity index is -0.000000436. The smallest absolute Gasteiger partial charge is 0.381 e. The van der Waals surface area contributed by atoms with Crippen molar-refractivity contribution in [1.82, 2.24) is 0 Å². The van der Waals surface area contributed by atoms with Gasteiger partial charge in [-0.25, -0.2) is 9.13 Å². The second-order valence-electron chi connectivity index (χ2n) is 16.0. The van der Waals surface area contributed by atoms with Gasteiger partial charge in [-0.15, -0.1) is 0 Å². The maximum atomic E-state index is 13.3. The van der Waals surface area contributed by atoms with Gasteiger partial charge in [-0.05, 0) is 22.7 Å². The Morgan fingerprint density at radius 1 is 0.409 bits per heavy atom. The SMILES string of the molecule is [CH2-]CCC(CC[CH2-])(CC[CH2-])COCC(C)COP(=O)(O)OC(COCC(CC[CH2-])(CC[CH2-])CC[CH2-])COP(=O)(O)OC(CC)COCC(CC[CH2-])(CC[CH2-])CC[CH2-].[Y].[Y].[Y].[Y].[Y].[Y].[Y].[Y].[Y]. The monoisotopic (exact) mass is 1650 g/mol. The second-order valence-corrected chi connectivity index (χ2v) is 18.8. The molecule has 0 aliphatic rings. The molecule has 22 heteroatoms. The summed E-state index contributed by atoms with van der Waals surface area (Å²) in [6.45, 7) is 40.5. The fourth-order valence-electron chi connectivity index (χ4n) is 7.66. The summed E-state index contributed by atoms with van der Waals surface area (Å²) in [6, 6.07) is 0. The van der Waals surface area contributed by atoms with E-state index in [9.17, 15) is 18.9 Å². The van der Waals surface area contributed by atoms with Gasteiger partial charge in [0.1, 0.15) is 6.10 Å². The summed E-state index contributed by atoms with van der Waals surface area (Å²) in [6.07, 6.45) is 12.6. The van der Waals surface area contributed by atoms with Gasteiger partial charge < -0.3 is 86.3 Å². The van der Waals surface area contributed by atoms with Crippen molar-refractivity contribution in [1.29, 1.82) is 0 Å². The van der Waals surface area contributed by atoms with Crippen LogP contribution >= 0.6 is 15.6 Å². The van der Waals surface area contributed by atoms with E-state index in [2.05, 4.69) is 62.3 Å². The first kappa shape index (κ1) is 98.2. The summed E-state index contributed by atoms with van der Waals surface area (Å²) in [5, 5.41) is 0. The Kier molecular flexibility index (Phi) is 88.7. The van der Waals surface area contributed by atoms with E-state index in [0.29, 0.717) is 45.5 Å². The Hall–Kier alpha value is 10.0. The minimum atomic E-state index is -4.70. The van der Waals surface area contributed by atoms with Crippen molar-refractivity contribution in [3.8, 4) is 0 Å². The molecule has 0 rings (SSSR count).